The summed E-state index contributed by atoms with van der Waals surface area (Å²) in [5.74, 6) is -1.97. The second kappa shape index (κ2) is 4.83. The Bertz CT molecular complexity index is 465. The number of carboxylic acid groups (broad SMARTS) is 1. The number of carboxylic acids is 1. The molecule has 17 heavy (non-hydrogen) atoms. The SMILES string of the molecule is CC(C)(C)OC(=O)c1cc(Br)cnc1C(=O)O. The van der Waals surface area contributed by atoms with Gasteiger partial charge < -0.3 is 9.84 Å². The molecule has 0 bridgehead atoms. The zero-order valence-electron chi connectivity index (χ0n) is 9.65. The third-order valence-electron chi connectivity index (χ3n) is 1.68. The van der Waals surface area contributed by atoms with E-state index in [1.807, 2.05) is 0 Å². The van der Waals surface area contributed by atoms with Gasteiger partial charge in [0.2, 0.25) is 0 Å². The minimum atomic E-state index is -1.27. The summed E-state index contributed by atoms with van der Waals surface area (Å²) in [6, 6.07) is 1.38. The van der Waals surface area contributed by atoms with Gasteiger partial charge in [0, 0.05) is 10.7 Å². The Hall–Kier alpha value is -1.43. The number of hydrogen-bond donors (Lipinski definition) is 1. The van der Waals surface area contributed by atoms with Gasteiger partial charge in [-0.25, -0.2) is 14.6 Å². The van der Waals surface area contributed by atoms with Crippen molar-refractivity contribution < 1.29 is 19.4 Å². The molecule has 1 heterocycles. The summed E-state index contributed by atoms with van der Waals surface area (Å²) >= 11 is 3.13. The molecule has 0 aromatic carbocycles. The molecule has 0 aliphatic heterocycles. The maximum atomic E-state index is 11.8. The normalized spacial score (nSPS) is 11.1. The third-order valence-corrected chi connectivity index (χ3v) is 2.11. The summed E-state index contributed by atoms with van der Waals surface area (Å²) in [7, 11) is 0. The van der Waals surface area contributed by atoms with Gasteiger partial charge >= 0.3 is 11.9 Å². The highest BCUT2D eigenvalue weighted by Gasteiger charge is 2.24. The Kier molecular flexibility index (Phi) is 3.87. The second-order valence-corrected chi connectivity index (χ2v) is 5.27. The molecule has 1 rings (SSSR count). The first-order valence-electron chi connectivity index (χ1n) is 4.83. The molecule has 1 aromatic rings. The fourth-order valence-corrected chi connectivity index (χ4v) is 1.43. The quantitative estimate of drug-likeness (QED) is 0.849. The van der Waals surface area contributed by atoms with Gasteiger partial charge in [-0.15, -0.1) is 0 Å². The molecule has 0 aliphatic carbocycles. The standard InChI is InChI=1S/C11H12BrNO4/c1-11(2,3)17-10(16)7-4-6(12)5-13-8(7)9(14)15/h4-5H,1-3H3,(H,14,15). The lowest BCUT2D eigenvalue weighted by atomic mass is 10.1. The van der Waals surface area contributed by atoms with Gasteiger partial charge in [0.25, 0.3) is 0 Å². The molecule has 6 heteroatoms. The maximum absolute atomic E-state index is 11.8. The lowest BCUT2D eigenvalue weighted by Crippen LogP contribution is -2.25. The summed E-state index contributed by atoms with van der Waals surface area (Å²) < 4.78 is 5.62. The van der Waals surface area contributed by atoms with Gasteiger partial charge in [0.05, 0.1) is 5.56 Å². The van der Waals surface area contributed by atoms with E-state index in [4.69, 9.17) is 9.84 Å². The van der Waals surface area contributed by atoms with Crippen molar-refractivity contribution in [2.24, 2.45) is 0 Å². The Labute approximate surface area is 107 Å². The fraction of sp³-hybridized carbons (Fsp3) is 0.364. The van der Waals surface area contributed by atoms with E-state index in [0.29, 0.717) is 4.47 Å². The lowest BCUT2D eigenvalue weighted by Gasteiger charge is -2.19. The topological polar surface area (TPSA) is 76.5 Å². The molecule has 0 amide bonds. The van der Waals surface area contributed by atoms with Crippen LogP contribution in [0.2, 0.25) is 0 Å². The van der Waals surface area contributed by atoms with E-state index in [9.17, 15) is 9.59 Å². The predicted octanol–water partition coefficient (Wildman–Crippen LogP) is 2.50. The zero-order chi connectivity index (χ0) is 13.2. The van der Waals surface area contributed by atoms with E-state index in [0.717, 1.165) is 0 Å². The van der Waals surface area contributed by atoms with Gasteiger partial charge in [-0.2, -0.15) is 0 Å². The molecule has 0 radical (unpaired) electrons. The van der Waals surface area contributed by atoms with E-state index in [-0.39, 0.29) is 11.3 Å². The molecule has 0 fully saturated rings. The molecule has 0 aliphatic rings. The number of aromatic nitrogens is 1. The minimum Gasteiger partial charge on any atom is -0.476 e. The number of nitrogens with zero attached hydrogens (tertiary/aromatic N) is 1. The van der Waals surface area contributed by atoms with Crippen molar-refractivity contribution in [1.82, 2.24) is 4.98 Å². The van der Waals surface area contributed by atoms with Gasteiger partial charge in [-0.05, 0) is 42.8 Å². The van der Waals surface area contributed by atoms with Crippen LogP contribution in [-0.2, 0) is 4.74 Å². The van der Waals surface area contributed by atoms with Crippen LogP contribution >= 0.6 is 15.9 Å². The van der Waals surface area contributed by atoms with Crippen LogP contribution in [0.15, 0.2) is 16.7 Å². The van der Waals surface area contributed by atoms with Crippen molar-refractivity contribution in [2.45, 2.75) is 26.4 Å². The van der Waals surface area contributed by atoms with Gasteiger partial charge in [0.15, 0.2) is 5.69 Å². The lowest BCUT2D eigenvalue weighted by molar-refractivity contribution is 0.00650. The van der Waals surface area contributed by atoms with Crippen LogP contribution < -0.4 is 0 Å². The molecule has 5 nitrogen and oxygen atoms in total. The summed E-state index contributed by atoms with van der Waals surface area (Å²) in [6.07, 6.45) is 1.32. The van der Waals surface area contributed by atoms with Crippen molar-refractivity contribution in [3.05, 3.63) is 28.0 Å². The van der Waals surface area contributed by atoms with E-state index in [1.165, 1.54) is 12.3 Å². The monoisotopic (exact) mass is 301 g/mol. The Morgan fingerprint density at radius 2 is 2.00 bits per heavy atom. The van der Waals surface area contributed by atoms with Crippen molar-refractivity contribution in [3.8, 4) is 0 Å². The Morgan fingerprint density at radius 1 is 1.41 bits per heavy atom. The average molecular weight is 302 g/mol. The van der Waals surface area contributed by atoms with Crippen molar-refractivity contribution in [1.29, 1.82) is 0 Å². The summed E-state index contributed by atoms with van der Waals surface area (Å²) in [5.41, 5.74) is -1.07. The molecule has 0 atom stereocenters. The number of esters is 1. The summed E-state index contributed by atoms with van der Waals surface area (Å²) in [6.45, 7) is 5.12. The number of aromatic carboxylic acids is 1. The number of pyridine rings is 1. The van der Waals surface area contributed by atoms with Crippen LogP contribution in [-0.4, -0.2) is 27.6 Å². The highest BCUT2D eigenvalue weighted by atomic mass is 79.9. The first-order valence-corrected chi connectivity index (χ1v) is 5.62. The van der Waals surface area contributed by atoms with E-state index < -0.39 is 17.5 Å². The van der Waals surface area contributed by atoms with Crippen LogP contribution in [0.1, 0.15) is 41.6 Å². The van der Waals surface area contributed by atoms with Crippen LogP contribution in [0, 0.1) is 0 Å². The molecular formula is C11H12BrNO4. The molecule has 0 unspecified atom stereocenters. The molecular weight excluding hydrogens is 290 g/mol. The highest BCUT2D eigenvalue weighted by Crippen LogP contribution is 2.18. The van der Waals surface area contributed by atoms with Crippen LogP contribution in [0.4, 0.5) is 0 Å². The van der Waals surface area contributed by atoms with Crippen molar-refractivity contribution in [3.63, 3.8) is 0 Å². The van der Waals surface area contributed by atoms with Crippen LogP contribution in [0.3, 0.4) is 0 Å². The van der Waals surface area contributed by atoms with E-state index in [1.54, 1.807) is 20.8 Å². The molecule has 0 saturated heterocycles. The average Bonchev–Trinajstić information content (AvgIpc) is 2.14. The molecule has 0 saturated carbocycles. The van der Waals surface area contributed by atoms with Crippen molar-refractivity contribution in [2.75, 3.05) is 0 Å². The first-order chi connectivity index (χ1) is 7.70. The Balaban J connectivity index is 3.16. The van der Waals surface area contributed by atoms with Crippen molar-refractivity contribution >= 4 is 27.9 Å². The van der Waals surface area contributed by atoms with E-state index >= 15 is 0 Å². The summed E-state index contributed by atoms with van der Waals surface area (Å²) in [4.78, 5) is 26.4. The van der Waals surface area contributed by atoms with Gasteiger partial charge in [0.1, 0.15) is 5.60 Å². The fourth-order valence-electron chi connectivity index (χ4n) is 1.10. The molecule has 1 N–H and O–H groups in total. The van der Waals surface area contributed by atoms with Gasteiger partial charge in [-0.1, -0.05) is 0 Å². The Morgan fingerprint density at radius 3 is 2.47 bits per heavy atom. The number of carbonyl (C=O) groups is 2. The second-order valence-electron chi connectivity index (χ2n) is 4.36. The van der Waals surface area contributed by atoms with Crippen LogP contribution in [0.5, 0.6) is 0 Å². The molecule has 1 aromatic heterocycles. The minimum absolute atomic E-state index is 0.0678. The summed E-state index contributed by atoms with van der Waals surface area (Å²) in [5, 5.41) is 8.92. The van der Waals surface area contributed by atoms with Gasteiger partial charge in [-0.3, -0.25) is 0 Å². The van der Waals surface area contributed by atoms with Crippen LogP contribution in [0.25, 0.3) is 0 Å². The molecule has 0 spiro atoms. The number of carbonyl (C=O) groups excluding carboxylic acids is 1. The van der Waals surface area contributed by atoms with E-state index in [2.05, 4.69) is 20.9 Å². The zero-order valence-corrected chi connectivity index (χ0v) is 11.2. The smallest absolute Gasteiger partial charge is 0.355 e. The largest absolute Gasteiger partial charge is 0.476 e. The third kappa shape index (κ3) is 3.81. The maximum Gasteiger partial charge on any atom is 0.355 e. The highest BCUT2D eigenvalue weighted by molar-refractivity contribution is 9.10. The number of halogens is 1. The predicted molar refractivity (Wildman–Crippen MR) is 64.1 cm³/mol. The number of hydrogen-bond acceptors (Lipinski definition) is 4. The number of ether oxygens (including phenoxy) is 1. The number of rotatable bonds is 2. The molecule has 92 valence electrons. The first kappa shape index (κ1) is 13.6.